The number of rotatable bonds is 7. The van der Waals surface area contributed by atoms with Crippen molar-refractivity contribution in [1.82, 2.24) is 15.5 Å². The molecule has 9 nitrogen and oxygen atoms in total. The van der Waals surface area contributed by atoms with E-state index >= 15 is 0 Å². The molecular formula is C26H31Cl2N3O6S. The highest BCUT2D eigenvalue weighted by Crippen LogP contribution is 2.37. The molecule has 0 saturated carbocycles. The lowest BCUT2D eigenvalue weighted by Gasteiger charge is -2.31. The molecule has 0 bridgehead atoms. The maximum Gasteiger partial charge on any atom is 0.407 e. The summed E-state index contributed by atoms with van der Waals surface area (Å²) in [5.41, 5.74) is -0.0509. The van der Waals surface area contributed by atoms with Gasteiger partial charge < -0.3 is 25.0 Å². The second-order valence-corrected chi connectivity index (χ2v) is 11.5. The molecular weight excluding hydrogens is 553 g/mol. The summed E-state index contributed by atoms with van der Waals surface area (Å²) in [6.07, 6.45) is 3.23. The van der Waals surface area contributed by atoms with E-state index in [4.69, 9.17) is 32.7 Å². The summed E-state index contributed by atoms with van der Waals surface area (Å²) in [6.45, 7) is 5.71. The van der Waals surface area contributed by atoms with E-state index in [0.29, 0.717) is 41.5 Å². The van der Waals surface area contributed by atoms with Crippen molar-refractivity contribution in [3.05, 3.63) is 39.2 Å². The Labute approximate surface area is 235 Å². The molecule has 3 rings (SSSR count). The average Bonchev–Trinajstić information content (AvgIpc) is 3.34. The van der Waals surface area contributed by atoms with Crippen molar-refractivity contribution in [3.63, 3.8) is 0 Å². The van der Waals surface area contributed by atoms with E-state index in [-0.39, 0.29) is 18.4 Å². The van der Waals surface area contributed by atoms with Gasteiger partial charge in [-0.05, 0) is 68.2 Å². The zero-order valence-corrected chi connectivity index (χ0v) is 24.0. The van der Waals surface area contributed by atoms with E-state index in [2.05, 4.69) is 10.6 Å². The van der Waals surface area contributed by atoms with Crippen LogP contribution in [0.25, 0.3) is 16.2 Å². The summed E-state index contributed by atoms with van der Waals surface area (Å²) in [7, 11) is 1.20. The van der Waals surface area contributed by atoms with Gasteiger partial charge in [0, 0.05) is 25.1 Å². The summed E-state index contributed by atoms with van der Waals surface area (Å²) < 4.78 is 10.8. The van der Waals surface area contributed by atoms with Gasteiger partial charge in [0.2, 0.25) is 11.8 Å². The Kier molecular flexibility index (Phi) is 10.0. The molecule has 1 fully saturated rings. The van der Waals surface area contributed by atoms with Gasteiger partial charge in [0.1, 0.15) is 11.6 Å². The maximum absolute atomic E-state index is 12.8. The predicted molar refractivity (Wildman–Crippen MR) is 148 cm³/mol. The number of fused-ring (bicyclic) bond motifs is 1. The summed E-state index contributed by atoms with van der Waals surface area (Å²) in [5.74, 6) is -1.63. The Balaban J connectivity index is 1.53. The highest BCUT2D eigenvalue weighted by molar-refractivity contribution is 7.18. The van der Waals surface area contributed by atoms with E-state index in [0.717, 1.165) is 10.1 Å². The molecule has 1 aromatic heterocycles. The van der Waals surface area contributed by atoms with Gasteiger partial charge in [-0.1, -0.05) is 23.2 Å². The van der Waals surface area contributed by atoms with Crippen LogP contribution in [-0.2, 0) is 23.9 Å². The van der Waals surface area contributed by atoms with E-state index in [1.54, 1.807) is 31.7 Å². The van der Waals surface area contributed by atoms with Crippen LogP contribution in [0.5, 0.6) is 0 Å². The van der Waals surface area contributed by atoms with Crippen LogP contribution < -0.4 is 10.6 Å². The number of nitrogens with zero attached hydrogens (tertiary/aromatic N) is 1. The molecule has 0 spiro atoms. The standard InChI is InChI=1S/C26H31Cl2N3O6S/c1-26(2,3)37-25(35)29-14-18(24(34)36-4)30-23(33)15-7-10-31(11-8-15)19(32)6-5-16-13-17-9-12-38-22(17)21(28)20(16)27/h5-6,9,12-13,15,18H,7-8,10-11,14H2,1-4H3,(H,29,35)(H,30,33)/b6-5+/t18-/m0/s1. The molecule has 12 heteroatoms. The molecule has 2 heterocycles. The zero-order valence-electron chi connectivity index (χ0n) is 21.6. The first kappa shape index (κ1) is 29.7. The number of carbonyl (C=O) groups excluding carboxylic acids is 4. The zero-order chi connectivity index (χ0) is 28.0. The minimum absolute atomic E-state index is 0.181. The molecule has 0 unspecified atom stereocenters. The van der Waals surface area contributed by atoms with Gasteiger partial charge in [-0.15, -0.1) is 11.3 Å². The predicted octanol–water partition coefficient (Wildman–Crippen LogP) is 4.64. The van der Waals surface area contributed by atoms with Gasteiger partial charge in [-0.3, -0.25) is 9.59 Å². The van der Waals surface area contributed by atoms with Crippen molar-refractivity contribution >= 4 is 74.6 Å². The van der Waals surface area contributed by atoms with Gasteiger partial charge in [0.25, 0.3) is 0 Å². The third-order valence-electron chi connectivity index (χ3n) is 5.89. The average molecular weight is 585 g/mol. The van der Waals surface area contributed by atoms with Gasteiger partial charge in [0.15, 0.2) is 0 Å². The third-order valence-corrected chi connectivity index (χ3v) is 7.83. The Hall–Kier alpha value is -2.82. The van der Waals surface area contributed by atoms with Crippen LogP contribution >= 0.6 is 34.5 Å². The molecule has 1 aromatic carbocycles. The van der Waals surface area contributed by atoms with Crippen molar-refractivity contribution in [1.29, 1.82) is 0 Å². The van der Waals surface area contributed by atoms with E-state index < -0.39 is 29.6 Å². The summed E-state index contributed by atoms with van der Waals surface area (Å²) in [4.78, 5) is 51.3. The van der Waals surface area contributed by atoms with Crippen LogP contribution in [0.3, 0.4) is 0 Å². The number of amides is 3. The Bertz CT molecular complexity index is 1230. The van der Waals surface area contributed by atoms with Crippen LogP contribution in [0.1, 0.15) is 39.2 Å². The highest BCUT2D eigenvalue weighted by atomic mass is 35.5. The lowest BCUT2D eigenvalue weighted by atomic mass is 9.95. The molecule has 1 atom stereocenters. The fraction of sp³-hybridized carbons (Fsp3) is 0.462. The molecule has 1 aliphatic rings. The molecule has 38 heavy (non-hydrogen) atoms. The van der Waals surface area contributed by atoms with Crippen LogP contribution in [-0.4, -0.2) is 67.2 Å². The molecule has 0 aliphatic carbocycles. The number of thiophene rings is 1. The van der Waals surface area contributed by atoms with Gasteiger partial charge in [-0.2, -0.15) is 0 Å². The molecule has 0 radical (unpaired) electrons. The number of esters is 1. The van der Waals surface area contributed by atoms with E-state index in [9.17, 15) is 19.2 Å². The summed E-state index contributed by atoms with van der Waals surface area (Å²) >= 11 is 14.2. The van der Waals surface area contributed by atoms with Gasteiger partial charge in [-0.25, -0.2) is 9.59 Å². The number of likely N-dealkylation sites (tertiary alicyclic amines) is 1. The number of nitrogens with one attached hydrogen (secondary N) is 2. The lowest BCUT2D eigenvalue weighted by Crippen LogP contribution is -2.52. The number of benzene rings is 1. The highest BCUT2D eigenvalue weighted by Gasteiger charge is 2.30. The second-order valence-electron chi connectivity index (χ2n) is 9.83. The second kappa shape index (κ2) is 12.8. The molecule has 3 amide bonds. The normalized spacial score (nSPS) is 15.4. The quantitative estimate of drug-likeness (QED) is 0.362. The molecule has 1 saturated heterocycles. The molecule has 2 aromatic rings. The number of hydrogen-bond donors (Lipinski definition) is 2. The lowest BCUT2D eigenvalue weighted by molar-refractivity contribution is -0.145. The van der Waals surface area contributed by atoms with Gasteiger partial charge >= 0.3 is 12.1 Å². The van der Waals surface area contributed by atoms with Crippen LogP contribution in [0.4, 0.5) is 4.79 Å². The van der Waals surface area contributed by atoms with E-state index in [1.807, 2.05) is 17.5 Å². The van der Waals surface area contributed by atoms with Crippen molar-refractivity contribution in [3.8, 4) is 0 Å². The first-order valence-electron chi connectivity index (χ1n) is 12.1. The Morgan fingerprint density at radius 1 is 1.18 bits per heavy atom. The first-order valence-corrected chi connectivity index (χ1v) is 13.7. The SMILES string of the molecule is COC(=O)[C@H](CNC(=O)OC(C)(C)C)NC(=O)C1CCN(C(=O)/C=C/c2cc3ccsc3c(Cl)c2Cl)CC1. The fourth-order valence-electron chi connectivity index (χ4n) is 3.94. The Morgan fingerprint density at radius 3 is 2.50 bits per heavy atom. The monoisotopic (exact) mass is 583 g/mol. The third kappa shape index (κ3) is 7.85. The molecule has 206 valence electrons. The minimum atomic E-state index is -1.07. The number of methoxy groups -OCH3 is 1. The minimum Gasteiger partial charge on any atom is -0.467 e. The molecule has 2 N–H and O–H groups in total. The number of halogens is 2. The summed E-state index contributed by atoms with van der Waals surface area (Å²) in [6, 6.07) is 2.76. The van der Waals surface area contributed by atoms with Crippen LogP contribution in [0.15, 0.2) is 23.6 Å². The Morgan fingerprint density at radius 2 is 1.87 bits per heavy atom. The van der Waals surface area contributed by atoms with Crippen LogP contribution in [0, 0.1) is 5.92 Å². The first-order chi connectivity index (χ1) is 17.9. The number of piperidine rings is 1. The number of hydrogen-bond acceptors (Lipinski definition) is 7. The van der Waals surface area contributed by atoms with Gasteiger partial charge in [0.05, 0.1) is 28.4 Å². The fourth-order valence-corrected chi connectivity index (χ4v) is 5.38. The van der Waals surface area contributed by atoms with E-state index in [1.165, 1.54) is 24.5 Å². The van der Waals surface area contributed by atoms with Crippen molar-refractivity contribution in [2.75, 3.05) is 26.7 Å². The number of carbonyl (C=O) groups is 4. The molecule has 1 aliphatic heterocycles. The largest absolute Gasteiger partial charge is 0.467 e. The van der Waals surface area contributed by atoms with Crippen molar-refractivity contribution < 1.29 is 28.7 Å². The number of alkyl carbamates (subject to hydrolysis) is 1. The topological polar surface area (TPSA) is 114 Å². The van der Waals surface area contributed by atoms with Crippen LogP contribution in [0.2, 0.25) is 10.0 Å². The summed E-state index contributed by atoms with van der Waals surface area (Å²) in [5, 5.41) is 8.85. The number of ether oxygens (including phenoxy) is 2. The van der Waals surface area contributed by atoms with Crippen molar-refractivity contribution in [2.24, 2.45) is 5.92 Å². The maximum atomic E-state index is 12.8. The van der Waals surface area contributed by atoms with Crippen molar-refractivity contribution in [2.45, 2.75) is 45.3 Å². The smallest absolute Gasteiger partial charge is 0.407 e.